The lowest BCUT2D eigenvalue weighted by Gasteiger charge is -2.27. The van der Waals surface area contributed by atoms with Crippen molar-refractivity contribution in [1.29, 1.82) is 5.26 Å². The maximum atomic E-state index is 12.6. The first kappa shape index (κ1) is 19.1. The van der Waals surface area contributed by atoms with Crippen molar-refractivity contribution < 1.29 is 19.2 Å². The van der Waals surface area contributed by atoms with E-state index in [-0.39, 0.29) is 24.7 Å². The molecule has 136 valence electrons. The number of non-ortho nitro benzene ring substituents is 1. The number of benzene rings is 1. The second kappa shape index (κ2) is 8.71. The van der Waals surface area contributed by atoms with E-state index < -0.39 is 22.9 Å². The van der Waals surface area contributed by atoms with E-state index in [4.69, 9.17) is 14.7 Å². The number of ether oxygens (including phenoxy) is 2. The van der Waals surface area contributed by atoms with Gasteiger partial charge < -0.3 is 9.47 Å². The molecular weight excluding hydrogens is 340 g/mol. The Morgan fingerprint density at radius 3 is 2.62 bits per heavy atom. The quantitative estimate of drug-likeness (QED) is 0.333. The van der Waals surface area contributed by atoms with Crippen LogP contribution in [0.5, 0.6) is 0 Å². The molecule has 0 fully saturated rings. The van der Waals surface area contributed by atoms with Gasteiger partial charge in [0.05, 0.1) is 30.6 Å². The van der Waals surface area contributed by atoms with Gasteiger partial charge in [0.25, 0.3) is 5.69 Å². The van der Waals surface area contributed by atoms with Crippen LogP contribution >= 0.6 is 0 Å². The summed E-state index contributed by atoms with van der Waals surface area (Å²) < 4.78 is 10.3. The highest BCUT2D eigenvalue weighted by Gasteiger charge is 2.38. The van der Waals surface area contributed by atoms with Crippen LogP contribution < -0.4 is 0 Å². The van der Waals surface area contributed by atoms with Crippen LogP contribution in [0.4, 0.5) is 5.69 Å². The molecule has 0 aliphatic carbocycles. The third-order valence-corrected chi connectivity index (χ3v) is 3.87. The minimum absolute atomic E-state index is 0.0172. The molecule has 0 aromatic heterocycles. The maximum Gasteiger partial charge on any atom is 0.317 e. The predicted octanol–water partition coefficient (Wildman–Crippen LogP) is 2.58. The van der Waals surface area contributed by atoms with Crippen LogP contribution in [-0.4, -0.2) is 36.3 Å². The first-order chi connectivity index (χ1) is 12.5. The van der Waals surface area contributed by atoms with Crippen molar-refractivity contribution >= 4 is 23.4 Å². The molecule has 2 atom stereocenters. The fraction of sp³-hybridized carbons (Fsp3) is 0.412. The van der Waals surface area contributed by atoms with Crippen LogP contribution in [0.2, 0.25) is 0 Å². The van der Waals surface area contributed by atoms with E-state index in [2.05, 4.69) is 9.98 Å². The third kappa shape index (κ3) is 4.22. The van der Waals surface area contributed by atoms with E-state index in [0.29, 0.717) is 17.7 Å². The van der Waals surface area contributed by atoms with E-state index in [0.717, 1.165) is 0 Å². The summed E-state index contributed by atoms with van der Waals surface area (Å²) in [6.45, 7) is 1.83. The van der Waals surface area contributed by atoms with Gasteiger partial charge in [0, 0.05) is 17.8 Å². The number of hydrogen-bond acceptors (Lipinski definition) is 8. The Hall–Kier alpha value is -3.28. The molecule has 0 saturated heterocycles. The summed E-state index contributed by atoms with van der Waals surface area (Å²) in [4.78, 5) is 31.5. The molecule has 1 aliphatic heterocycles. The van der Waals surface area contributed by atoms with Crippen molar-refractivity contribution in [3.63, 3.8) is 0 Å². The normalized spacial score (nSPS) is 19.0. The summed E-state index contributed by atoms with van der Waals surface area (Å²) in [6, 6.07) is 7.17. The lowest BCUT2D eigenvalue weighted by Crippen LogP contribution is -2.35. The summed E-state index contributed by atoms with van der Waals surface area (Å²) >= 11 is 0. The number of hydrogen-bond donors (Lipinski definition) is 0. The monoisotopic (exact) mass is 358 g/mol. The van der Waals surface area contributed by atoms with Crippen molar-refractivity contribution in [2.75, 3.05) is 13.7 Å². The molecule has 1 aliphatic rings. The number of carbonyl (C=O) groups excluding carboxylic acids is 1. The Kier molecular flexibility index (Phi) is 6.38. The average Bonchev–Trinajstić information content (AvgIpc) is 2.66. The van der Waals surface area contributed by atoms with Gasteiger partial charge in [0.15, 0.2) is 0 Å². The Labute approximate surface area is 150 Å². The standard InChI is InChI=1S/C17H18N4O5/c1-3-13-14(16(22)26-10-4-9-18)15(20-17(19-13)25-2)11-5-7-12(8-6-11)21(23)24/h5-8,14-15H,3-4,10H2,1-2H3/t14?,15-/m0/s1. The Morgan fingerprint density at radius 1 is 1.38 bits per heavy atom. The minimum atomic E-state index is -0.779. The smallest absolute Gasteiger partial charge is 0.317 e. The highest BCUT2D eigenvalue weighted by atomic mass is 16.6. The van der Waals surface area contributed by atoms with Gasteiger partial charge in [-0.3, -0.25) is 14.9 Å². The molecule has 0 radical (unpaired) electrons. The zero-order valence-electron chi connectivity index (χ0n) is 14.4. The Morgan fingerprint density at radius 2 is 2.08 bits per heavy atom. The summed E-state index contributed by atoms with van der Waals surface area (Å²) in [5, 5.41) is 19.4. The average molecular weight is 358 g/mol. The zero-order valence-corrected chi connectivity index (χ0v) is 14.4. The van der Waals surface area contributed by atoms with Crippen molar-refractivity contribution in [3.05, 3.63) is 39.9 Å². The molecule has 2 rings (SSSR count). The number of nitrogens with zero attached hydrogens (tertiary/aromatic N) is 4. The van der Waals surface area contributed by atoms with E-state index in [1.54, 1.807) is 12.1 Å². The number of methoxy groups -OCH3 is 1. The van der Waals surface area contributed by atoms with E-state index >= 15 is 0 Å². The van der Waals surface area contributed by atoms with Crippen LogP contribution in [-0.2, 0) is 14.3 Å². The van der Waals surface area contributed by atoms with Gasteiger partial charge in [-0.05, 0) is 12.0 Å². The number of nitro groups is 1. The molecule has 1 heterocycles. The van der Waals surface area contributed by atoms with E-state index in [9.17, 15) is 14.9 Å². The topological polar surface area (TPSA) is 127 Å². The van der Waals surface area contributed by atoms with Crippen molar-refractivity contribution in [1.82, 2.24) is 0 Å². The second-order valence-corrected chi connectivity index (χ2v) is 5.42. The largest absolute Gasteiger partial charge is 0.467 e. The molecule has 1 aromatic carbocycles. The summed E-state index contributed by atoms with van der Waals surface area (Å²) in [6.07, 6.45) is 0.565. The van der Waals surface area contributed by atoms with Gasteiger partial charge >= 0.3 is 12.0 Å². The van der Waals surface area contributed by atoms with Gasteiger partial charge in [-0.1, -0.05) is 19.1 Å². The summed E-state index contributed by atoms with van der Waals surface area (Å²) in [7, 11) is 1.42. The van der Waals surface area contributed by atoms with E-state index in [1.165, 1.54) is 19.2 Å². The number of carbonyl (C=O) groups is 1. The molecule has 9 nitrogen and oxygen atoms in total. The molecule has 0 saturated carbocycles. The molecule has 1 unspecified atom stereocenters. The first-order valence-corrected chi connectivity index (χ1v) is 7.99. The zero-order chi connectivity index (χ0) is 19.1. The van der Waals surface area contributed by atoms with Crippen LogP contribution in [0.3, 0.4) is 0 Å². The molecule has 26 heavy (non-hydrogen) atoms. The van der Waals surface area contributed by atoms with Gasteiger partial charge in [0.1, 0.15) is 12.5 Å². The molecule has 0 spiro atoms. The fourth-order valence-electron chi connectivity index (χ4n) is 2.61. The SMILES string of the molecule is CCC1=NC(OC)=N[C@@H](c2ccc([N+](=O)[O-])cc2)C1C(=O)OCCC#N. The lowest BCUT2D eigenvalue weighted by atomic mass is 9.87. The Balaban J connectivity index is 2.38. The number of esters is 1. The molecule has 0 amide bonds. The lowest BCUT2D eigenvalue weighted by molar-refractivity contribution is -0.384. The highest BCUT2D eigenvalue weighted by Crippen LogP contribution is 2.33. The predicted molar refractivity (Wildman–Crippen MR) is 92.7 cm³/mol. The minimum Gasteiger partial charge on any atom is -0.467 e. The molecule has 9 heteroatoms. The van der Waals surface area contributed by atoms with Crippen molar-refractivity contribution in [2.45, 2.75) is 25.8 Å². The van der Waals surface area contributed by atoms with Crippen LogP contribution in [0, 0.1) is 27.4 Å². The molecular formula is C17H18N4O5. The first-order valence-electron chi connectivity index (χ1n) is 7.99. The van der Waals surface area contributed by atoms with Crippen molar-refractivity contribution in [3.8, 4) is 6.07 Å². The number of nitriles is 1. The number of rotatable bonds is 6. The molecule has 1 aromatic rings. The number of nitro benzene ring substituents is 1. The van der Waals surface area contributed by atoms with Crippen LogP contribution in [0.25, 0.3) is 0 Å². The van der Waals surface area contributed by atoms with Gasteiger partial charge in [-0.25, -0.2) is 9.98 Å². The second-order valence-electron chi connectivity index (χ2n) is 5.42. The van der Waals surface area contributed by atoms with E-state index in [1.807, 2.05) is 13.0 Å². The van der Waals surface area contributed by atoms with Crippen LogP contribution in [0.15, 0.2) is 34.3 Å². The van der Waals surface area contributed by atoms with Crippen molar-refractivity contribution in [2.24, 2.45) is 15.9 Å². The Bertz CT molecular complexity index is 779. The number of aliphatic imine (C=N–C) groups is 2. The number of amidine groups is 1. The third-order valence-electron chi connectivity index (χ3n) is 3.87. The fourth-order valence-corrected chi connectivity index (χ4v) is 2.61. The highest BCUT2D eigenvalue weighted by molar-refractivity contribution is 6.08. The van der Waals surface area contributed by atoms with Crippen LogP contribution in [0.1, 0.15) is 31.4 Å². The summed E-state index contributed by atoms with van der Waals surface area (Å²) in [5.41, 5.74) is 1.09. The molecule has 0 bridgehead atoms. The maximum absolute atomic E-state index is 12.6. The molecule has 0 N–H and O–H groups in total. The summed E-state index contributed by atoms with van der Waals surface area (Å²) in [5.74, 6) is -1.32. The van der Waals surface area contributed by atoms with Gasteiger partial charge in [0.2, 0.25) is 0 Å². The van der Waals surface area contributed by atoms with Gasteiger partial charge in [-0.2, -0.15) is 5.26 Å². The van der Waals surface area contributed by atoms with Gasteiger partial charge in [-0.15, -0.1) is 0 Å².